The van der Waals surface area contributed by atoms with E-state index in [4.69, 9.17) is 0 Å². The van der Waals surface area contributed by atoms with E-state index in [1.807, 2.05) is 23.2 Å². The third kappa shape index (κ3) is 4.03. The zero-order valence-corrected chi connectivity index (χ0v) is 11.5. The third-order valence-electron chi connectivity index (χ3n) is 3.66. The molecule has 2 heterocycles. The number of aliphatic hydroxyl groups is 1. The molecule has 1 amide bonds. The highest BCUT2D eigenvalue weighted by Gasteiger charge is 2.28. The molecule has 4 nitrogen and oxygen atoms in total. The first-order valence-corrected chi connectivity index (χ1v) is 7.03. The summed E-state index contributed by atoms with van der Waals surface area (Å²) in [5.41, 5.74) is 1.10. The second-order valence-corrected chi connectivity index (χ2v) is 5.33. The fraction of sp³-hybridized carbons (Fsp3) is 0.600. The lowest BCUT2D eigenvalue weighted by Crippen LogP contribution is -2.37. The Morgan fingerprint density at radius 3 is 3.16 bits per heavy atom. The van der Waals surface area contributed by atoms with Gasteiger partial charge in [0.15, 0.2) is 0 Å². The number of carbonyl (C=O) groups is 1. The lowest BCUT2D eigenvalue weighted by Gasteiger charge is -2.25. The van der Waals surface area contributed by atoms with Crippen LogP contribution in [-0.2, 0) is 11.2 Å². The molecule has 104 valence electrons. The first-order chi connectivity index (χ1) is 9.16. The molecule has 1 saturated heterocycles. The van der Waals surface area contributed by atoms with Gasteiger partial charge in [-0.05, 0) is 44.2 Å². The van der Waals surface area contributed by atoms with Gasteiger partial charge in [0, 0.05) is 31.4 Å². The standard InChI is InChI=1S/C15H22N2O2/c1-12(18)10-14-5-3-9-17(14)15(19)7-6-13-4-2-8-16-11-13/h2,4,8,11-12,14,18H,3,5-7,9-10H2,1H3. The highest BCUT2D eigenvalue weighted by Crippen LogP contribution is 2.22. The molecule has 1 aromatic heterocycles. The van der Waals surface area contributed by atoms with Crippen molar-refractivity contribution in [3.8, 4) is 0 Å². The van der Waals surface area contributed by atoms with Crippen molar-refractivity contribution in [3.05, 3.63) is 30.1 Å². The smallest absolute Gasteiger partial charge is 0.223 e. The van der Waals surface area contributed by atoms with Crippen LogP contribution in [0.2, 0.25) is 0 Å². The molecule has 1 fully saturated rings. The summed E-state index contributed by atoms with van der Waals surface area (Å²) < 4.78 is 0. The number of hydrogen-bond acceptors (Lipinski definition) is 3. The van der Waals surface area contributed by atoms with Gasteiger partial charge >= 0.3 is 0 Å². The van der Waals surface area contributed by atoms with E-state index in [2.05, 4.69) is 4.98 Å². The maximum Gasteiger partial charge on any atom is 0.223 e. The van der Waals surface area contributed by atoms with Crippen LogP contribution in [0.4, 0.5) is 0 Å². The minimum Gasteiger partial charge on any atom is -0.393 e. The van der Waals surface area contributed by atoms with Crippen molar-refractivity contribution in [3.63, 3.8) is 0 Å². The number of aromatic nitrogens is 1. The van der Waals surface area contributed by atoms with Crippen molar-refractivity contribution in [1.29, 1.82) is 0 Å². The molecular formula is C15H22N2O2. The minimum atomic E-state index is -0.336. The summed E-state index contributed by atoms with van der Waals surface area (Å²) in [4.78, 5) is 18.2. The largest absolute Gasteiger partial charge is 0.393 e. The number of likely N-dealkylation sites (tertiary alicyclic amines) is 1. The summed E-state index contributed by atoms with van der Waals surface area (Å²) in [7, 11) is 0. The van der Waals surface area contributed by atoms with Gasteiger partial charge in [0.1, 0.15) is 0 Å². The second-order valence-electron chi connectivity index (χ2n) is 5.33. The quantitative estimate of drug-likeness (QED) is 0.880. The van der Waals surface area contributed by atoms with E-state index in [0.717, 1.165) is 31.4 Å². The van der Waals surface area contributed by atoms with Gasteiger partial charge in [0.25, 0.3) is 0 Å². The predicted molar refractivity (Wildman–Crippen MR) is 73.6 cm³/mol. The molecule has 1 aliphatic heterocycles. The van der Waals surface area contributed by atoms with Gasteiger partial charge in [-0.25, -0.2) is 0 Å². The molecule has 2 rings (SSSR count). The highest BCUT2D eigenvalue weighted by molar-refractivity contribution is 5.77. The summed E-state index contributed by atoms with van der Waals surface area (Å²) in [5, 5.41) is 9.47. The van der Waals surface area contributed by atoms with Gasteiger partial charge in [-0.1, -0.05) is 6.07 Å². The van der Waals surface area contributed by atoms with Crippen LogP contribution >= 0.6 is 0 Å². The predicted octanol–water partition coefficient (Wildman–Crippen LogP) is 1.78. The van der Waals surface area contributed by atoms with Crippen molar-refractivity contribution in [2.24, 2.45) is 0 Å². The van der Waals surface area contributed by atoms with Gasteiger partial charge in [-0.2, -0.15) is 0 Å². The van der Waals surface area contributed by atoms with Gasteiger partial charge in [-0.15, -0.1) is 0 Å². The Balaban J connectivity index is 1.85. The molecule has 2 unspecified atom stereocenters. The molecule has 1 N–H and O–H groups in total. The van der Waals surface area contributed by atoms with Crippen LogP contribution in [0.5, 0.6) is 0 Å². The number of aryl methyl sites for hydroxylation is 1. The molecule has 0 radical (unpaired) electrons. The summed E-state index contributed by atoms with van der Waals surface area (Å²) in [6, 6.07) is 4.12. The van der Waals surface area contributed by atoms with E-state index < -0.39 is 0 Å². The maximum atomic E-state index is 12.2. The van der Waals surface area contributed by atoms with E-state index in [1.165, 1.54) is 0 Å². The van der Waals surface area contributed by atoms with Gasteiger partial charge in [-0.3, -0.25) is 9.78 Å². The van der Waals surface area contributed by atoms with E-state index in [0.29, 0.717) is 12.8 Å². The summed E-state index contributed by atoms with van der Waals surface area (Å²) in [5.74, 6) is 0.201. The number of rotatable bonds is 5. The van der Waals surface area contributed by atoms with Crippen LogP contribution in [0.1, 0.15) is 38.2 Å². The van der Waals surface area contributed by atoms with E-state index in [-0.39, 0.29) is 18.1 Å². The fourth-order valence-corrected chi connectivity index (χ4v) is 2.74. The molecule has 1 aromatic rings. The minimum absolute atomic E-state index is 0.201. The molecule has 4 heteroatoms. The Bertz CT molecular complexity index is 406. The summed E-state index contributed by atoms with van der Waals surface area (Å²) in [6.07, 6.45) is 7.25. The third-order valence-corrected chi connectivity index (χ3v) is 3.66. The number of nitrogens with zero attached hydrogens (tertiary/aromatic N) is 2. The number of pyridine rings is 1. The topological polar surface area (TPSA) is 53.4 Å². The first kappa shape index (κ1) is 14.0. The molecule has 2 atom stereocenters. The molecule has 0 aliphatic carbocycles. The lowest BCUT2D eigenvalue weighted by atomic mass is 10.1. The fourth-order valence-electron chi connectivity index (χ4n) is 2.74. The molecule has 19 heavy (non-hydrogen) atoms. The summed E-state index contributed by atoms with van der Waals surface area (Å²) in [6.45, 7) is 2.62. The van der Waals surface area contributed by atoms with E-state index in [1.54, 1.807) is 13.1 Å². The number of amides is 1. The van der Waals surface area contributed by atoms with Crippen LogP contribution in [0.25, 0.3) is 0 Å². The summed E-state index contributed by atoms with van der Waals surface area (Å²) >= 11 is 0. The molecule has 0 bridgehead atoms. The van der Waals surface area contributed by atoms with Gasteiger partial charge in [0.2, 0.25) is 5.91 Å². The van der Waals surface area contributed by atoms with Crippen molar-refractivity contribution in [2.75, 3.05) is 6.54 Å². The Morgan fingerprint density at radius 2 is 2.47 bits per heavy atom. The zero-order valence-electron chi connectivity index (χ0n) is 11.5. The number of hydrogen-bond donors (Lipinski definition) is 1. The molecule has 0 saturated carbocycles. The SMILES string of the molecule is CC(O)CC1CCCN1C(=O)CCc1cccnc1. The maximum absolute atomic E-state index is 12.2. The van der Waals surface area contributed by atoms with Crippen molar-refractivity contribution in [1.82, 2.24) is 9.88 Å². The first-order valence-electron chi connectivity index (χ1n) is 7.03. The highest BCUT2D eigenvalue weighted by atomic mass is 16.3. The van der Waals surface area contributed by atoms with E-state index >= 15 is 0 Å². The van der Waals surface area contributed by atoms with Crippen molar-refractivity contribution in [2.45, 2.75) is 51.2 Å². The van der Waals surface area contributed by atoms with Gasteiger partial charge in [0.05, 0.1) is 6.10 Å². The van der Waals surface area contributed by atoms with E-state index in [9.17, 15) is 9.90 Å². The molecule has 0 aromatic carbocycles. The average molecular weight is 262 g/mol. The number of aliphatic hydroxyl groups excluding tert-OH is 1. The Hall–Kier alpha value is -1.42. The van der Waals surface area contributed by atoms with Crippen LogP contribution in [0, 0.1) is 0 Å². The van der Waals surface area contributed by atoms with Crippen LogP contribution < -0.4 is 0 Å². The molecule has 1 aliphatic rings. The second kappa shape index (κ2) is 6.66. The Labute approximate surface area is 114 Å². The van der Waals surface area contributed by atoms with Crippen LogP contribution in [0.15, 0.2) is 24.5 Å². The van der Waals surface area contributed by atoms with Gasteiger partial charge < -0.3 is 10.0 Å². The normalized spacial score (nSPS) is 20.5. The molecule has 0 spiro atoms. The Morgan fingerprint density at radius 1 is 1.63 bits per heavy atom. The zero-order chi connectivity index (χ0) is 13.7. The molecular weight excluding hydrogens is 240 g/mol. The van der Waals surface area contributed by atoms with Crippen molar-refractivity contribution < 1.29 is 9.90 Å². The lowest BCUT2D eigenvalue weighted by molar-refractivity contribution is -0.132. The monoisotopic (exact) mass is 262 g/mol. The average Bonchev–Trinajstić information content (AvgIpc) is 2.84. The van der Waals surface area contributed by atoms with Crippen LogP contribution in [0.3, 0.4) is 0 Å². The van der Waals surface area contributed by atoms with Crippen LogP contribution in [-0.4, -0.2) is 39.6 Å². The number of carbonyl (C=O) groups excluding carboxylic acids is 1. The Kier molecular flexibility index (Phi) is 4.91. The van der Waals surface area contributed by atoms with Crippen molar-refractivity contribution >= 4 is 5.91 Å².